The molecular formula is C13H13BrF3NO. The molecular weight excluding hydrogens is 323 g/mol. The standard InChI is InChI=1S/C13H13BrF3NO/c1-18-11-7-8(14)4-5-9(11)10(3-2-6-19)12(18)13(15,16)17/h4-5,7,19H,2-3,6H2,1H3. The molecule has 1 N–H and O–H groups in total. The van der Waals surface area contributed by atoms with Crippen LogP contribution < -0.4 is 0 Å². The largest absolute Gasteiger partial charge is 0.431 e. The molecule has 2 rings (SSSR count). The number of aliphatic hydroxyl groups is 1. The summed E-state index contributed by atoms with van der Waals surface area (Å²) in [5, 5.41) is 9.44. The lowest BCUT2D eigenvalue weighted by Gasteiger charge is -2.11. The summed E-state index contributed by atoms with van der Waals surface area (Å²) in [5.41, 5.74) is 0.162. The van der Waals surface area contributed by atoms with Crippen LogP contribution in [0, 0.1) is 0 Å². The molecule has 0 aliphatic rings. The van der Waals surface area contributed by atoms with Gasteiger partial charge in [0.15, 0.2) is 0 Å². The van der Waals surface area contributed by atoms with Crippen molar-refractivity contribution in [2.24, 2.45) is 7.05 Å². The van der Waals surface area contributed by atoms with Crippen molar-refractivity contribution in [3.63, 3.8) is 0 Å². The number of fused-ring (bicyclic) bond motifs is 1. The predicted molar refractivity (Wildman–Crippen MR) is 71.0 cm³/mol. The summed E-state index contributed by atoms with van der Waals surface area (Å²) < 4.78 is 41.5. The summed E-state index contributed by atoms with van der Waals surface area (Å²) in [6, 6.07) is 5.08. The van der Waals surface area contributed by atoms with Crippen LogP contribution >= 0.6 is 15.9 Å². The fourth-order valence-corrected chi connectivity index (χ4v) is 2.71. The van der Waals surface area contributed by atoms with Gasteiger partial charge in [-0.05, 0) is 30.5 Å². The van der Waals surface area contributed by atoms with E-state index in [1.54, 1.807) is 18.2 Å². The quantitative estimate of drug-likeness (QED) is 0.904. The Hall–Kier alpha value is -1.01. The molecule has 0 aliphatic heterocycles. The van der Waals surface area contributed by atoms with Gasteiger partial charge in [-0.2, -0.15) is 13.2 Å². The summed E-state index contributed by atoms with van der Waals surface area (Å²) >= 11 is 3.27. The zero-order chi connectivity index (χ0) is 14.2. The van der Waals surface area contributed by atoms with E-state index in [0.717, 1.165) is 4.47 Å². The van der Waals surface area contributed by atoms with E-state index >= 15 is 0 Å². The first kappa shape index (κ1) is 14.4. The number of nitrogens with zero attached hydrogens (tertiary/aromatic N) is 1. The third kappa shape index (κ3) is 2.65. The highest BCUT2D eigenvalue weighted by molar-refractivity contribution is 9.10. The topological polar surface area (TPSA) is 25.2 Å². The molecule has 2 nitrogen and oxygen atoms in total. The van der Waals surface area contributed by atoms with Crippen molar-refractivity contribution >= 4 is 26.8 Å². The van der Waals surface area contributed by atoms with Crippen LogP contribution in [0.15, 0.2) is 22.7 Å². The average Bonchev–Trinajstić information content (AvgIpc) is 2.59. The van der Waals surface area contributed by atoms with E-state index in [1.807, 2.05) is 0 Å². The number of hydrogen-bond acceptors (Lipinski definition) is 1. The van der Waals surface area contributed by atoms with Gasteiger partial charge in [-0.3, -0.25) is 0 Å². The van der Waals surface area contributed by atoms with Gasteiger partial charge in [0, 0.05) is 29.0 Å². The third-order valence-corrected chi connectivity index (χ3v) is 3.61. The van der Waals surface area contributed by atoms with Gasteiger partial charge >= 0.3 is 6.18 Å². The normalized spacial score (nSPS) is 12.3. The summed E-state index contributed by atoms with van der Waals surface area (Å²) in [4.78, 5) is 0. The minimum absolute atomic E-state index is 0.121. The monoisotopic (exact) mass is 335 g/mol. The molecule has 1 heterocycles. The number of halogens is 4. The number of aryl methyl sites for hydroxylation is 2. The van der Waals surface area contributed by atoms with E-state index in [2.05, 4.69) is 15.9 Å². The van der Waals surface area contributed by atoms with Crippen molar-refractivity contribution in [2.45, 2.75) is 19.0 Å². The van der Waals surface area contributed by atoms with E-state index < -0.39 is 11.9 Å². The molecule has 6 heteroatoms. The van der Waals surface area contributed by atoms with Gasteiger partial charge in [-0.15, -0.1) is 0 Å². The maximum absolute atomic E-state index is 13.2. The van der Waals surface area contributed by atoms with Crippen LogP contribution in [0.3, 0.4) is 0 Å². The SMILES string of the molecule is Cn1c(C(F)(F)F)c(CCCO)c2ccc(Br)cc21. The van der Waals surface area contributed by atoms with Gasteiger partial charge in [-0.1, -0.05) is 22.0 Å². The Morgan fingerprint density at radius 2 is 2.00 bits per heavy atom. The number of aliphatic hydroxyl groups excluding tert-OH is 1. The van der Waals surface area contributed by atoms with E-state index in [0.29, 0.717) is 17.3 Å². The molecule has 1 aromatic heterocycles. The molecule has 0 bridgehead atoms. The molecule has 0 atom stereocenters. The zero-order valence-corrected chi connectivity index (χ0v) is 11.8. The smallest absolute Gasteiger partial charge is 0.396 e. The summed E-state index contributed by atoms with van der Waals surface area (Å²) in [6.45, 7) is -0.121. The second-order valence-corrected chi connectivity index (χ2v) is 5.29. The summed E-state index contributed by atoms with van der Waals surface area (Å²) in [7, 11) is 1.42. The molecule has 19 heavy (non-hydrogen) atoms. The van der Waals surface area contributed by atoms with Crippen molar-refractivity contribution in [1.82, 2.24) is 4.57 Å². The average molecular weight is 336 g/mol. The highest BCUT2D eigenvalue weighted by Crippen LogP contribution is 2.38. The Morgan fingerprint density at radius 3 is 2.58 bits per heavy atom. The molecule has 0 amide bonds. The van der Waals surface area contributed by atoms with Crippen LogP contribution in [0.25, 0.3) is 10.9 Å². The van der Waals surface area contributed by atoms with E-state index in [1.165, 1.54) is 11.6 Å². The molecule has 2 aromatic rings. The van der Waals surface area contributed by atoms with Crippen molar-refractivity contribution in [2.75, 3.05) is 6.61 Å². The van der Waals surface area contributed by atoms with Gasteiger partial charge in [0.05, 0.1) is 0 Å². The van der Waals surface area contributed by atoms with E-state index in [-0.39, 0.29) is 18.6 Å². The fraction of sp³-hybridized carbons (Fsp3) is 0.385. The van der Waals surface area contributed by atoms with Crippen LogP contribution in [0.4, 0.5) is 13.2 Å². The minimum Gasteiger partial charge on any atom is -0.396 e. The summed E-state index contributed by atoms with van der Waals surface area (Å²) in [6.07, 6.45) is -3.87. The van der Waals surface area contributed by atoms with Gasteiger partial charge in [0.1, 0.15) is 5.69 Å². The van der Waals surface area contributed by atoms with Gasteiger partial charge in [-0.25, -0.2) is 0 Å². The van der Waals surface area contributed by atoms with Crippen molar-refractivity contribution < 1.29 is 18.3 Å². The predicted octanol–water partition coefficient (Wildman–Crippen LogP) is 3.88. The molecule has 0 radical (unpaired) electrons. The highest BCUT2D eigenvalue weighted by atomic mass is 79.9. The molecule has 0 aliphatic carbocycles. The Labute approximate surface area is 117 Å². The maximum Gasteiger partial charge on any atom is 0.431 e. The van der Waals surface area contributed by atoms with Crippen LogP contribution in [0.2, 0.25) is 0 Å². The lowest BCUT2D eigenvalue weighted by molar-refractivity contribution is -0.143. The number of alkyl halides is 3. The third-order valence-electron chi connectivity index (χ3n) is 3.12. The molecule has 0 saturated carbocycles. The van der Waals surface area contributed by atoms with E-state index in [9.17, 15) is 13.2 Å². The second-order valence-electron chi connectivity index (χ2n) is 4.37. The van der Waals surface area contributed by atoms with Crippen LogP contribution in [0.1, 0.15) is 17.7 Å². The Balaban J connectivity index is 2.73. The molecule has 0 fully saturated rings. The molecule has 0 spiro atoms. The maximum atomic E-state index is 13.2. The number of hydrogen-bond donors (Lipinski definition) is 1. The van der Waals surface area contributed by atoms with Crippen molar-refractivity contribution in [3.8, 4) is 0 Å². The Kier molecular flexibility index (Phi) is 3.92. The Morgan fingerprint density at radius 1 is 1.32 bits per heavy atom. The van der Waals surface area contributed by atoms with E-state index in [4.69, 9.17) is 5.11 Å². The van der Waals surface area contributed by atoms with Gasteiger partial charge < -0.3 is 9.67 Å². The first-order chi connectivity index (χ1) is 8.86. The lowest BCUT2D eigenvalue weighted by Crippen LogP contribution is -2.13. The highest BCUT2D eigenvalue weighted by Gasteiger charge is 2.37. The zero-order valence-electron chi connectivity index (χ0n) is 10.3. The first-order valence-corrected chi connectivity index (χ1v) is 6.60. The van der Waals surface area contributed by atoms with Gasteiger partial charge in [0.2, 0.25) is 0 Å². The Bertz CT molecular complexity index is 604. The minimum atomic E-state index is -4.40. The number of aromatic nitrogens is 1. The number of rotatable bonds is 3. The van der Waals surface area contributed by atoms with Crippen LogP contribution in [-0.4, -0.2) is 16.3 Å². The number of benzene rings is 1. The molecule has 104 valence electrons. The van der Waals surface area contributed by atoms with Crippen molar-refractivity contribution in [3.05, 3.63) is 33.9 Å². The molecule has 0 saturated heterocycles. The van der Waals surface area contributed by atoms with Gasteiger partial charge in [0.25, 0.3) is 0 Å². The molecule has 1 aromatic carbocycles. The fourth-order valence-electron chi connectivity index (χ4n) is 2.36. The summed E-state index contributed by atoms with van der Waals surface area (Å²) in [5.74, 6) is 0. The van der Waals surface area contributed by atoms with Crippen molar-refractivity contribution in [1.29, 1.82) is 0 Å². The second kappa shape index (κ2) is 5.17. The lowest BCUT2D eigenvalue weighted by atomic mass is 10.1. The first-order valence-electron chi connectivity index (χ1n) is 5.81. The molecule has 0 unspecified atom stereocenters. The van der Waals surface area contributed by atoms with Crippen LogP contribution in [0.5, 0.6) is 0 Å². The van der Waals surface area contributed by atoms with Crippen LogP contribution in [-0.2, 0) is 19.6 Å².